The standard InChI is InChI=1S/C17H10Cl3F/c18-14-9-8-12(10-4-1-2-5-11(10)14)16(20)13-6-3-7-15(19)17(13)21/h1-9,16H. The lowest BCUT2D eigenvalue weighted by atomic mass is 9.97. The SMILES string of the molecule is Fc1c(Cl)cccc1C(Cl)c1ccc(Cl)c2ccccc12. The molecule has 0 spiro atoms. The van der Waals surface area contributed by atoms with Gasteiger partial charge in [-0.2, -0.15) is 0 Å². The fourth-order valence-electron chi connectivity index (χ4n) is 2.39. The number of alkyl halides is 1. The molecule has 0 fully saturated rings. The Labute approximate surface area is 137 Å². The highest BCUT2D eigenvalue weighted by molar-refractivity contribution is 6.36. The molecule has 1 unspecified atom stereocenters. The molecule has 3 aromatic rings. The van der Waals surface area contributed by atoms with Gasteiger partial charge in [0.25, 0.3) is 0 Å². The molecular weight excluding hydrogens is 330 g/mol. The zero-order chi connectivity index (χ0) is 15.0. The predicted octanol–water partition coefficient (Wildman–Crippen LogP) is 6.61. The van der Waals surface area contributed by atoms with Crippen LogP contribution < -0.4 is 0 Å². The largest absolute Gasteiger partial charge is 0.205 e. The summed E-state index contributed by atoms with van der Waals surface area (Å²) in [6.45, 7) is 0. The first-order valence-electron chi connectivity index (χ1n) is 6.34. The van der Waals surface area contributed by atoms with Crippen molar-refractivity contribution in [2.45, 2.75) is 5.38 Å². The van der Waals surface area contributed by atoms with E-state index in [1.165, 1.54) is 6.07 Å². The Morgan fingerprint density at radius 1 is 0.714 bits per heavy atom. The minimum Gasteiger partial charge on any atom is -0.205 e. The molecule has 106 valence electrons. The van der Waals surface area contributed by atoms with Gasteiger partial charge >= 0.3 is 0 Å². The van der Waals surface area contributed by atoms with Gasteiger partial charge in [-0.05, 0) is 23.1 Å². The zero-order valence-electron chi connectivity index (χ0n) is 10.8. The van der Waals surface area contributed by atoms with Crippen molar-refractivity contribution in [3.8, 4) is 0 Å². The molecule has 0 aliphatic rings. The molecule has 3 rings (SSSR count). The first-order valence-corrected chi connectivity index (χ1v) is 7.54. The van der Waals surface area contributed by atoms with Gasteiger partial charge in [-0.3, -0.25) is 0 Å². The lowest BCUT2D eigenvalue weighted by Gasteiger charge is -2.15. The quantitative estimate of drug-likeness (QED) is 0.461. The summed E-state index contributed by atoms with van der Waals surface area (Å²) in [5.74, 6) is -0.488. The van der Waals surface area contributed by atoms with Crippen molar-refractivity contribution in [2.24, 2.45) is 0 Å². The second-order valence-corrected chi connectivity index (χ2v) is 5.94. The summed E-state index contributed by atoms with van der Waals surface area (Å²) in [6.07, 6.45) is 0. The predicted molar refractivity (Wildman–Crippen MR) is 88.1 cm³/mol. The van der Waals surface area contributed by atoms with E-state index in [0.29, 0.717) is 10.6 Å². The number of hydrogen-bond acceptors (Lipinski definition) is 0. The smallest absolute Gasteiger partial charge is 0.146 e. The van der Waals surface area contributed by atoms with Crippen LogP contribution in [0.3, 0.4) is 0 Å². The van der Waals surface area contributed by atoms with Gasteiger partial charge in [0, 0.05) is 16.0 Å². The van der Waals surface area contributed by atoms with Crippen LogP contribution >= 0.6 is 34.8 Å². The summed E-state index contributed by atoms with van der Waals surface area (Å²) in [5.41, 5.74) is 1.16. The minimum atomic E-state index is -0.633. The first kappa shape index (κ1) is 14.6. The highest BCUT2D eigenvalue weighted by atomic mass is 35.5. The monoisotopic (exact) mass is 338 g/mol. The average molecular weight is 340 g/mol. The van der Waals surface area contributed by atoms with Gasteiger partial charge in [0.2, 0.25) is 0 Å². The number of halogens is 4. The van der Waals surface area contributed by atoms with Crippen molar-refractivity contribution in [1.29, 1.82) is 0 Å². The van der Waals surface area contributed by atoms with Gasteiger partial charge in [-0.15, -0.1) is 11.6 Å². The summed E-state index contributed by atoms with van der Waals surface area (Å²) in [7, 11) is 0. The zero-order valence-corrected chi connectivity index (χ0v) is 13.1. The lowest BCUT2D eigenvalue weighted by molar-refractivity contribution is 0.613. The van der Waals surface area contributed by atoms with Crippen LogP contribution in [0.2, 0.25) is 10.0 Å². The summed E-state index contributed by atoms with van der Waals surface area (Å²) in [6, 6.07) is 16.1. The summed E-state index contributed by atoms with van der Waals surface area (Å²) < 4.78 is 14.2. The second kappa shape index (κ2) is 5.84. The molecule has 0 nitrogen and oxygen atoms in total. The maximum absolute atomic E-state index is 14.2. The van der Waals surface area contributed by atoms with E-state index in [1.807, 2.05) is 30.3 Å². The fourth-order valence-corrected chi connectivity index (χ4v) is 3.16. The van der Waals surface area contributed by atoms with Crippen molar-refractivity contribution in [3.63, 3.8) is 0 Å². The summed E-state index contributed by atoms with van der Waals surface area (Å²) >= 11 is 18.5. The molecule has 0 aliphatic carbocycles. The van der Waals surface area contributed by atoms with Crippen LogP contribution in [-0.4, -0.2) is 0 Å². The third-order valence-electron chi connectivity index (χ3n) is 3.43. The Bertz CT molecular complexity index is 814. The average Bonchev–Trinajstić information content (AvgIpc) is 2.50. The van der Waals surface area contributed by atoms with Crippen LogP contribution in [0.5, 0.6) is 0 Å². The van der Waals surface area contributed by atoms with Gasteiger partial charge in [-0.25, -0.2) is 4.39 Å². The normalized spacial score (nSPS) is 12.6. The Morgan fingerprint density at radius 2 is 1.43 bits per heavy atom. The van der Waals surface area contributed by atoms with Crippen LogP contribution in [0.15, 0.2) is 54.6 Å². The van der Waals surface area contributed by atoms with Gasteiger partial charge < -0.3 is 0 Å². The lowest BCUT2D eigenvalue weighted by Crippen LogP contribution is -1.98. The number of rotatable bonds is 2. The highest BCUT2D eigenvalue weighted by Crippen LogP contribution is 2.38. The van der Waals surface area contributed by atoms with Crippen molar-refractivity contribution in [2.75, 3.05) is 0 Å². The van der Waals surface area contributed by atoms with Crippen molar-refractivity contribution < 1.29 is 4.39 Å². The topological polar surface area (TPSA) is 0 Å². The van der Waals surface area contributed by atoms with E-state index in [2.05, 4.69) is 0 Å². The molecule has 21 heavy (non-hydrogen) atoms. The third-order valence-corrected chi connectivity index (χ3v) is 4.52. The Hall–Kier alpha value is -1.28. The van der Waals surface area contributed by atoms with E-state index in [1.54, 1.807) is 18.2 Å². The highest BCUT2D eigenvalue weighted by Gasteiger charge is 2.19. The molecule has 0 heterocycles. The van der Waals surface area contributed by atoms with E-state index in [9.17, 15) is 4.39 Å². The molecule has 0 amide bonds. The molecule has 0 aromatic heterocycles. The Balaban J connectivity index is 2.21. The molecule has 0 aliphatic heterocycles. The van der Waals surface area contributed by atoms with Crippen LogP contribution in [-0.2, 0) is 0 Å². The van der Waals surface area contributed by atoms with Gasteiger partial charge in [0.05, 0.1) is 10.4 Å². The van der Waals surface area contributed by atoms with Gasteiger partial charge in [0.1, 0.15) is 5.82 Å². The molecule has 1 atom stereocenters. The van der Waals surface area contributed by atoms with Crippen molar-refractivity contribution in [3.05, 3.63) is 81.6 Å². The van der Waals surface area contributed by atoms with Crippen LogP contribution in [0.25, 0.3) is 10.8 Å². The maximum atomic E-state index is 14.2. The molecule has 0 saturated carbocycles. The molecular formula is C17H10Cl3F. The van der Waals surface area contributed by atoms with Gasteiger partial charge in [-0.1, -0.05) is 65.7 Å². The van der Waals surface area contributed by atoms with E-state index in [4.69, 9.17) is 34.8 Å². The van der Waals surface area contributed by atoms with Crippen LogP contribution in [0.4, 0.5) is 4.39 Å². The van der Waals surface area contributed by atoms with Crippen molar-refractivity contribution in [1.82, 2.24) is 0 Å². The van der Waals surface area contributed by atoms with Crippen molar-refractivity contribution >= 4 is 45.6 Å². The molecule has 4 heteroatoms. The third kappa shape index (κ3) is 2.62. The summed E-state index contributed by atoms with van der Waals surface area (Å²) in [5, 5.41) is 1.88. The van der Waals surface area contributed by atoms with Gasteiger partial charge in [0.15, 0.2) is 0 Å². The van der Waals surface area contributed by atoms with E-state index < -0.39 is 11.2 Å². The maximum Gasteiger partial charge on any atom is 0.146 e. The number of fused-ring (bicyclic) bond motifs is 1. The summed E-state index contributed by atoms with van der Waals surface area (Å²) in [4.78, 5) is 0. The van der Waals surface area contributed by atoms with Crippen LogP contribution in [0, 0.1) is 5.82 Å². The Morgan fingerprint density at radius 3 is 2.19 bits per heavy atom. The first-order chi connectivity index (χ1) is 10.1. The molecule has 3 aromatic carbocycles. The Kier molecular flexibility index (Phi) is 4.08. The van der Waals surface area contributed by atoms with E-state index in [-0.39, 0.29) is 5.02 Å². The molecule has 0 saturated heterocycles. The molecule has 0 bridgehead atoms. The number of benzene rings is 3. The number of hydrogen-bond donors (Lipinski definition) is 0. The molecule has 0 radical (unpaired) electrons. The van der Waals surface area contributed by atoms with Crippen LogP contribution in [0.1, 0.15) is 16.5 Å². The van der Waals surface area contributed by atoms with E-state index in [0.717, 1.165) is 16.3 Å². The second-order valence-electron chi connectivity index (χ2n) is 4.69. The minimum absolute atomic E-state index is 0.0661. The van der Waals surface area contributed by atoms with E-state index >= 15 is 0 Å². The molecule has 0 N–H and O–H groups in total. The fraction of sp³-hybridized carbons (Fsp3) is 0.0588.